The molecule has 0 fully saturated rings. The van der Waals surface area contributed by atoms with Crippen molar-refractivity contribution in [3.8, 4) is 0 Å². The Hall–Kier alpha value is -1.94. The van der Waals surface area contributed by atoms with Crippen LogP contribution in [0, 0.1) is 0 Å². The van der Waals surface area contributed by atoms with E-state index >= 15 is 0 Å². The quantitative estimate of drug-likeness (QED) is 0.868. The molecule has 100 valence electrons. The number of fused-ring (bicyclic) bond motifs is 1. The van der Waals surface area contributed by atoms with Gasteiger partial charge in [-0.05, 0) is 28.0 Å². The molecule has 0 amide bonds. The predicted octanol–water partition coefficient (Wildman–Crippen LogP) is 2.62. The van der Waals surface area contributed by atoms with Crippen molar-refractivity contribution < 1.29 is 9.90 Å². The number of nitrogens with two attached hydrogens (primary N) is 1. The van der Waals surface area contributed by atoms with E-state index in [0.29, 0.717) is 5.56 Å². The molecule has 0 radical (unpaired) electrons. The second kappa shape index (κ2) is 4.63. The standard InChI is InChI=1S/C15H18N2O2/c1-15(2,3)12-8-17-7-10-6-9(4-5-11(10)12)13(16)14(18)19/h4-8,13H,16H2,1-3H3,(H,18,19). The zero-order valence-electron chi connectivity index (χ0n) is 11.3. The number of aliphatic carboxylic acids is 1. The lowest BCUT2D eigenvalue weighted by Crippen LogP contribution is -2.20. The van der Waals surface area contributed by atoms with Crippen molar-refractivity contribution in [3.05, 3.63) is 41.7 Å². The Kier molecular flexibility index (Phi) is 3.28. The molecule has 0 spiro atoms. The van der Waals surface area contributed by atoms with E-state index in [9.17, 15) is 4.79 Å². The van der Waals surface area contributed by atoms with Crippen LogP contribution in [0.5, 0.6) is 0 Å². The van der Waals surface area contributed by atoms with Crippen LogP contribution < -0.4 is 5.73 Å². The average molecular weight is 258 g/mol. The Morgan fingerprint density at radius 3 is 2.58 bits per heavy atom. The summed E-state index contributed by atoms with van der Waals surface area (Å²) in [4.78, 5) is 15.2. The summed E-state index contributed by atoms with van der Waals surface area (Å²) >= 11 is 0. The maximum Gasteiger partial charge on any atom is 0.325 e. The van der Waals surface area contributed by atoms with Gasteiger partial charge in [-0.15, -0.1) is 0 Å². The number of carboxylic acid groups (broad SMARTS) is 1. The van der Waals surface area contributed by atoms with Crippen molar-refractivity contribution in [2.75, 3.05) is 0 Å². The van der Waals surface area contributed by atoms with Crippen LogP contribution in [-0.4, -0.2) is 16.1 Å². The molecule has 3 N–H and O–H groups in total. The van der Waals surface area contributed by atoms with Crippen molar-refractivity contribution in [2.45, 2.75) is 32.2 Å². The van der Waals surface area contributed by atoms with Crippen molar-refractivity contribution in [3.63, 3.8) is 0 Å². The van der Waals surface area contributed by atoms with Crippen molar-refractivity contribution in [1.82, 2.24) is 4.98 Å². The van der Waals surface area contributed by atoms with Gasteiger partial charge in [-0.3, -0.25) is 9.78 Å². The molecule has 0 aliphatic heterocycles. The van der Waals surface area contributed by atoms with Gasteiger partial charge in [0.05, 0.1) is 0 Å². The van der Waals surface area contributed by atoms with E-state index in [1.54, 1.807) is 18.3 Å². The van der Waals surface area contributed by atoms with Crippen LogP contribution in [0.3, 0.4) is 0 Å². The smallest absolute Gasteiger partial charge is 0.325 e. The Labute approximate surface area is 112 Å². The fourth-order valence-electron chi connectivity index (χ4n) is 2.13. The largest absolute Gasteiger partial charge is 0.480 e. The first kappa shape index (κ1) is 13.5. The normalized spacial score (nSPS) is 13.5. The molecule has 0 aliphatic carbocycles. The number of nitrogens with zero attached hydrogens (tertiary/aromatic N) is 1. The monoisotopic (exact) mass is 258 g/mol. The lowest BCUT2D eigenvalue weighted by molar-refractivity contribution is -0.138. The van der Waals surface area contributed by atoms with E-state index < -0.39 is 12.0 Å². The summed E-state index contributed by atoms with van der Waals surface area (Å²) < 4.78 is 0. The third-order valence-electron chi connectivity index (χ3n) is 3.22. The highest BCUT2D eigenvalue weighted by atomic mass is 16.4. The molecule has 19 heavy (non-hydrogen) atoms. The van der Waals surface area contributed by atoms with Crippen LogP contribution in [0.2, 0.25) is 0 Å². The third kappa shape index (κ3) is 2.58. The zero-order valence-corrected chi connectivity index (χ0v) is 11.3. The first-order chi connectivity index (χ1) is 8.80. The summed E-state index contributed by atoms with van der Waals surface area (Å²) in [5.74, 6) is -1.03. The number of hydrogen-bond acceptors (Lipinski definition) is 3. The van der Waals surface area contributed by atoms with Gasteiger partial charge in [-0.25, -0.2) is 0 Å². The summed E-state index contributed by atoms with van der Waals surface area (Å²) in [6, 6.07) is 4.50. The highest BCUT2D eigenvalue weighted by Gasteiger charge is 2.19. The minimum atomic E-state index is -1.03. The van der Waals surface area contributed by atoms with E-state index in [2.05, 4.69) is 25.8 Å². The topological polar surface area (TPSA) is 76.2 Å². The fourth-order valence-corrected chi connectivity index (χ4v) is 2.13. The van der Waals surface area contributed by atoms with Crippen LogP contribution in [0.25, 0.3) is 10.8 Å². The highest BCUT2D eigenvalue weighted by molar-refractivity contribution is 5.87. The van der Waals surface area contributed by atoms with Crippen LogP contribution in [0.1, 0.15) is 37.9 Å². The van der Waals surface area contributed by atoms with Gasteiger partial charge in [0.1, 0.15) is 6.04 Å². The molecule has 0 saturated heterocycles. The minimum Gasteiger partial charge on any atom is -0.480 e. The Morgan fingerprint density at radius 2 is 2.00 bits per heavy atom. The molecule has 1 heterocycles. The van der Waals surface area contributed by atoms with Gasteiger partial charge < -0.3 is 10.8 Å². The molecule has 0 saturated carbocycles. The highest BCUT2D eigenvalue weighted by Crippen LogP contribution is 2.30. The summed E-state index contributed by atoms with van der Waals surface area (Å²) in [6.45, 7) is 6.38. The van der Waals surface area contributed by atoms with Crippen LogP contribution in [-0.2, 0) is 10.2 Å². The van der Waals surface area contributed by atoms with E-state index in [0.717, 1.165) is 16.3 Å². The Morgan fingerprint density at radius 1 is 1.32 bits per heavy atom. The van der Waals surface area contributed by atoms with E-state index in [1.807, 2.05) is 12.3 Å². The van der Waals surface area contributed by atoms with Gasteiger partial charge in [-0.1, -0.05) is 32.9 Å². The molecule has 0 bridgehead atoms. The lowest BCUT2D eigenvalue weighted by Gasteiger charge is -2.21. The number of benzene rings is 1. The predicted molar refractivity (Wildman–Crippen MR) is 75.0 cm³/mol. The molecule has 4 heteroatoms. The molecular weight excluding hydrogens is 240 g/mol. The van der Waals surface area contributed by atoms with Gasteiger partial charge in [0.15, 0.2) is 0 Å². The maximum atomic E-state index is 10.9. The summed E-state index contributed by atoms with van der Waals surface area (Å²) in [5.41, 5.74) is 7.35. The first-order valence-corrected chi connectivity index (χ1v) is 6.17. The zero-order chi connectivity index (χ0) is 14.2. The minimum absolute atomic E-state index is 0.0110. The summed E-state index contributed by atoms with van der Waals surface area (Å²) in [5, 5.41) is 11.0. The number of rotatable bonds is 2. The summed E-state index contributed by atoms with van der Waals surface area (Å²) in [7, 11) is 0. The average Bonchev–Trinajstić information content (AvgIpc) is 2.35. The molecule has 2 rings (SSSR count). The number of carboxylic acids is 1. The lowest BCUT2D eigenvalue weighted by atomic mass is 9.85. The number of hydrogen-bond donors (Lipinski definition) is 2. The van der Waals surface area contributed by atoms with Crippen LogP contribution in [0.15, 0.2) is 30.6 Å². The van der Waals surface area contributed by atoms with E-state index in [1.165, 1.54) is 0 Å². The number of pyridine rings is 1. The Balaban J connectivity index is 2.61. The van der Waals surface area contributed by atoms with Crippen LogP contribution in [0.4, 0.5) is 0 Å². The molecule has 0 aliphatic rings. The van der Waals surface area contributed by atoms with Gasteiger partial charge >= 0.3 is 5.97 Å². The SMILES string of the molecule is CC(C)(C)c1cncc2cc(C(N)C(=O)O)ccc12. The molecule has 1 atom stereocenters. The molecular formula is C15H18N2O2. The molecule has 4 nitrogen and oxygen atoms in total. The van der Waals surface area contributed by atoms with Crippen molar-refractivity contribution in [2.24, 2.45) is 5.73 Å². The van der Waals surface area contributed by atoms with Gasteiger partial charge in [0.25, 0.3) is 0 Å². The number of carbonyl (C=O) groups is 1. The van der Waals surface area contributed by atoms with E-state index in [4.69, 9.17) is 10.8 Å². The molecule has 1 aromatic heterocycles. The first-order valence-electron chi connectivity index (χ1n) is 6.17. The van der Waals surface area contributed by atoms with Crippen molar-refractivity contribution >= 4 is 16.7 Å². The number of aromatic nitrogens is 1. The molecule has 1 unspecified atom stereocenters. The van der Waals surface area contributed by atoms with Crippen molar-refractivity contribution in [1.29, 1.82) is 0 Å². The fraction of sp³-hybridized carbons (Fsp3) is 0.333. The third-order valence-corrected chi connectivity index (χ3v) is 3.22. The second-order valence-electron chi connectivity index (χ2n) is 5.73. The second-order valence-corrected chi connectivity index (χ2v) is 5.73. The molecule has 1 aromatic carbocycles. The summed E-state index contributed by atoms with van der Waals surface area (Å²) in [6.07, 6.45) is 3.60. The van der Waals surface area contributed by atoms with E-state index in [-0.39, 0.29) is 5.41 Å². The Bertz CT molecular complexity index is 630. The molecule has 2 aromatic rings. The maximum absolute atomic E-state index is 10.9. The van der Waals surface area contributed by atoms with Gasteiger partial charge in [0, 0.05) is 17.8 Å². The van der Waals surface area contributed by atoms with Gasteiger partial charge in [-0.2, -0.15) is 0 Å². The van der Waals surface area contributed by atoms with Gasteiger partial charge in [0.2, 0.25) is 0 Å². The van der Waals surface area contributed by atoms with Crippen LogP contribution >= 0.6 is 0 Å².